The number of nitriles is 1. The standard InChI is InChI=1S/C15H15N7/c1-11-6-15(22-14(19-11)2-4-17-22)20-5-3-13(10-20)21-9-12(7-16)8-18-21/h2,4,6,8-9,13H,3,5,10H2,1H3. The summed E-state index contributed by atoms with van der Waals surface area (Å²) in [4.78, 5) is 6.78. The molecule has 1 fully saturated rings. The van der Waals surface area contributed by atoms with Crippen LogP contribution in [0.2, 0.25) is 0 Å². The van der Waals surface area contributed by atoms with Crippen LogP contribution in [-0.4, -0.2) is 37.5 Å². The summed E-state index contributed by atoms with van der Waals surface area (Å²) in [6.45, 7) is 3.78. The maximum Gasteiger partial charge on any atom is 0.157 e. The van der Waals surface area contributed by atoms with Gasteiger partial charge >= 0.3 is 0 Å². The van der Waals surface area contributed by atoms with Gasteiger partial charge in [0.25, 0.3) is 0 Å². The highest BCUT2D eigenvalue weighted by Gasteiger charge is 2.26. The van der Waals surface area contributed by atoms with Crippen molar-refractivity contribution < 1.29 is 0 Å². The van der Waals surface area contributed by atoms with Gasteiger partial charge in [-0.05, 0) is 13.3 Å². The van der Waals surface area contributed by atoms with Crippen molar-refractivity contribution in [3.63, 3.8) is 0 Å². The molecule has 3 aromatic rings. The monoisotopic (exact) mass is 293 g/mol. The van der Waals surface area contributed by atoms with Crippen LogP contribution in [0.25, 0.3) is 5.65 Å². The number of aryl methyl sites for hydroxylation is 1. The molecule has 0 spiro atoms. The Labute approximate surface area is 127 Å². The van der Waals surface area contributed by atoms with Gasteiger partial charge in [0.2, 0.25) is 0 Å². The van der Waals surface area contributed by atoms with Gasteiger partial charge in [0, 0.05) is 37.1 Å². The van der Waals surface area contributed by atoms with Gasteiger partial charge in [-0.1, -0.05) is 0 Å². The lowest BCUT2D eigenvalue weighted by molar-refractivity contribution is 0.494. The molecule has 1 aliphatic rings. The fraction of sp³-hybridized carbons (Fsp3) is 0.333. The molecule has 0 radical (unpaired) electrons. The Bertz CT molecular complexity index is 870. The summed E-state index contributed by atoms with van der Waals surface area (Å²) in [5.74, 6) is 1.06. The molecule has 1 atom stereocenters. The Morgan fingerprint density at radius 2 is 2.27 bits per heavy atom. The van der Waals surface area contributed by atoms with Crippen LogP contribution in [0, 0.1) is 18.3 Å². The fourth-order valence-electron chi connectivity index (χ4n) is 3.01. The van der Waals surface area contributed by atoms with Crippen LogP contribution in [0.4, 0.5) is 5.82 Å². The summed E-state index contributed by atoms with van der Waals surface area (Å²) in [7, 11) is 0. The first-order chi connectivity index (χ1) is 10.7. The lowest BCUT2D eigenvalue weighted by Gasteiger charge is -2.20. The summed E-state index contributed by atoms with van der Waals surface area (Å²) in [5, 5.41) is 17.6. The highest BCUT2D eigenvalue weighted by atomic mass is 15.4. The third-order valence-corrected chi connectivity index (χ3v) is 4.06. The average molecular weight is 293 g/mol. The minimum absolute atomic E-state index is 0.279. The number of aromatic nitrogens is 5. The van der Waals surface area contributed by atoms with E-state index in [1.54, 1.807) is 12.4 Å². The van der Waals surface area contributed by atoms with Crippen molar-refractivity contribution in [1.29, 1.82) is 5.26 Å². The molecule has 7 nitrogen and oxygen atoms in total. The molecule has 0 N–H and O–H groups in total. The van der Waals surface area contributed by atoms with Gasteiger partial charge in [-0.15, -0.1) is 0 Å². The highest BCUT2D eigenvalue weighted by molar-refractivity contribution is 5.51. The predicted molar refractivity (Wildman–Crippen MR) is 80.5 cm³/mol. The van der Waals surface area contributed by atoms with E-state index in [0.29, 0.717) is 5.56 Å². The SMILES string of the molecule is Cc1cc(N2CCC(n3cc(C#N)cn3)C2)n2nccc2n1. The van der Waals surface area contributed by atoms with Crippen LogP contribution in [0.1, 0.15) is 23.7 Å². The van der Waals surface area contributed by atoms with E-state index in [4.69, 9.17) is 5.26 Å². The lowest BCUT2D eigenvalue weighted by Crippen LogP contribution is -2.24. The Hall–Kier alpha value is -2.88. The minimum Gasteiger partial charge on any atom is -0.354 e. The summed E-state index contributed by atoms with van der Waals surface area (Å²) < 4.78 is 3.77. The first-order valence-electron chi connectivity index (χ1n) is 7.25. The van der Waals surface area contributed by atoms with Crippen LogP contribution in [0.5, 0.6) is 0 Å². The normalized spacial score (nSPS) is 18.0. The Morgan fingerprint density at radius 1 is 1.36 bits per heavy atom. The molecule has 1 unspecified atom stereocenters. The van der Waals surface area contributed by atoms with E-state index in [1.165, 1.54) is 0 Å². The van der Waals surface area contributed by atoms with Crippen LogP contribution in [-0.2, 0) is 0 Å². The number of anilines is 1. The molecule has 0 amide bonds. The first-order valence-corrected chi connectivity index (χ1v) is 7.25. The number of hydrogen-bond acceptors (Lipinski definition) is 5. The molecule has 3 aromatic heterocycles. The van der Waals surface area contributed by atoms with E-state index >= 15 is 0 Å². The number of rotatable bonds is 2. The van der Waals surface area contributed by atoms with Gasteiger partial charge in [-0.25, -0.2) is 4.98 Å². The molecule has 4 rings (SSSR count). The van der Waals surface area contributed by atoms with E-state index in [0.717, 1.165) is 36.7 Å². The molecule has 110 valence electrons. The van der Waals surface area contributed by atoms with E-state index in [-0.39, 0.29) is 6.04 Å². The summed E-state index contributed by atoms with van der Waals surface area (Å²) in [6, 6.07) is 6.38. The summed E-state index contributed by atoms with van der Waals surface area (Å²) >= 11 is 0. The third-order valence-electron chi connectivity index (χ3n) is 4.06. The van der Waals surface area contributed by atoms with Crippen molar-refractivity contribution in [2.75, 3.05) is 18.0 Å². The number of fused-ring (bicyclic) bond motifs is 1. The summed E-state index contributed by atoms with van der Waals surface area (Å²) in [6.07, 6.45) is 6.20. The Kier molecular flexibility index (Phi) is 2.82. The van der Waals surface area contributed by atoms with Crippen LogP contribution in [0.3, 0.4) is 0 Å². The van der Waals surface area contributed by atoms with Crippen molar-refractivity contribution in [3.8, 4) is 6.07 Å². The predicted octanol–water partition coefficient (Wildman–Crippen LogP) is 1.56. The Morgan fingerprint density at radius 3 is 3.09 bits per heavy atom. The van der Waals surface area contributed by atoms with Gasteiger partial charge < -0.3 is 4.90 Å². The third kappa shape index (κ3) is 2.00. The van der Waals surface area contributed by atoms with Gasteiger partial charge in [-0.3, -0.25) is 4.68 Å². The second-order valence-electron chi connectivity index (χ2n) is 5.57. The zero-order valence-electron chi connectivity index (χ0n) is 12.2. The van der Waals surface area contributed by atoms with Crippen molar-refractivity contribution >= 4 is 11.5 Å². The van der Waals surface area contributed by atoms with E-state index in [9.17, 15) is 0 Å². The molecular formula is C15H15N7. The summed E-state index contributed by atoms with van der Waals surface area (Å²) in [5.41, 5.74) is 2.45. The van der Waals surface area contributed by atoms with E-state index in [1.807, 2.05) is 28.4 Å². The smallest absolute Gasteiger partial charge is 0.157 e. The van der Waals surface area contributed by atoms with Crippen molar-refractivity contribution in [3.05, 3.63) is 42.0 Å². The number of hydrogen-bond donors (Lipinski definition) is 0. The number of nitrogens with zero attached hydrogens (tertiary/aromatic N) is 7. The molecular weight excluding hydrogens is 278 g/mol. The Balaban J connectivity index is 1.64. The first kappa shape index (κ1) is 12.8. The molecule has 0 bridgehead atoms. The fourth-order valence-corrected chi connectivity index (χ4v) is 3.01. The second-order valence-corrected chi connectivity index (χ2v) is 5.57. The topological polar surface area (TPSA) is 75.0 Å². The van der Waals surface area contributed by atoms with Crippen molar-refractivity contribution in [1.82, 2.24) is 24.4 Å². The minimum atomic E-state index is 0.279. The zero-order chi connectivity index (χ0) is 15.1. The zero-order valence-corrected chi connectivity index (χ0v) is 12.2. The van der Waals surface area contributed by atoms with Crippen LogP contribution < -0.4 is 4.90 Å². The molecule has 1 saturated heterocycles. The maximum atomic E-state index is 8.92. The van der Waals surface area contributed by atoms with Gasteiger partial charge in [0.1, 0.15) is 11.9 Å². The van der Waals surface area contributed by atoms with Gasteiger partial charge in [-0.2, -0.15) is 20.0 Å². The largest absolute Gasteiger partial charge is 0.354 e. The highest BCUT2D eigenvalue weighted by Crippen LogP contribution is 2.27. The molecule has 0 saturated carbocycles. The van der Waals surface area contributed by atoms with Gasteiger partial charge in [0.05, 0.1) is 24.0 Å². The molecule has 22 heavy (non-hydrogen) atoms. The van der Waals surface area contributed by atoms with Crippen LogP contribution >= 0.6 is 0 Å². The quantitative estimate of drug-likeness (QED) is 0.716. The van der Waals surface area contributed by atoms with E-state index < -0.39 is 0 Å². The molecule has 0 aromatic carbocycles. The molecule has 7 heteroatoms. The maximum absolute atomic E-state index is 8.92. The van der Waals surface area contributed by atoms with Crippen molar-refractivity contribution in [2.24, 2.45) is 0 Å². The van der Waals surface area contributed by atoms with Crippen LogP contribution in [0.15, 0.2) is 30.7 Å². The second kappa shape index (κ2) is 4.84. The molecule has 1 aliphatic heterocycles. The lowest BCUT2D eigenvalue weighted by atomic mass is 10.3. The van der Waals surface area contributed by atoms with Crippen molar-refractivity contribution in [2.45, 2.75) is 19.4 Å². The van der Waals surface area contributed by atoms with Gasteiger partial charge in [0.15, 0.2) is 5.65 Å². The molecule has 4 heterocycles. The molecule has 0 aliphatic carbocycles. The average Bonchev–Trinajstić information content (AvgIpc) is 3.25. The van der Waals surface area contributed by atoms with E-state index in [2.05, 4.69) is 32.2 Å².